The van der Waals surface area contributed by atoms with Crippen molar-refractivity contribution < 1.29 is 9.53 Å². The first-order valence-corrected chi connectivity index (χ1v) is 6.20. The summed E-state index contributed by atoms with van der Waals surface area (Å²) in [6.07, 6.45) is 1.59. The summed E-state index contributed by atoms with van der Waals surface area (Å²) in [4.78, 5) is 15.6. The number of hydrogen-bond donors (Lipinski definition) is 1. The van der Waals surface area contributed by atoms with Gasteiger partial charge in [0.05, 0.1) is 5.02 Å². The first kappa shape index (κ1) is 13.6. The van der Waals surface area contributed by atoms with E-state index in [1.807, 2.05) is 0 Å². The molecule has 0 atom stereocenters. The number of rotatable bonds is 4. The highest BCUT2D eigenvalue weighted by Gasteiger charge is 2.08. The third kappa shape index (κ3) is 3.84. The minimum Gasteiger partial charge on any atom is -0.482 e. The zero-order chi connectivity index (χ0) is 13.7. The molecule has 1 N–H and O–H groups in total. The molecule has 19 heavy (non-hydrogen) atoms. The van der Waals surface area contributed by atoms with Crippen LogP contribution in [0.3, 0.4) is 0 Å². The van der Waals surface area contributed by atoms with Crippen LogP contribution in [0, 0.1) is 0 Å². The van der Waals surface area contributed by atoms with Gasteiger partial charge >= 0.3 is 0 Å². The van der Waals surface area contributed by atoms with Crippen molar-refractivity contribution in [3.63, 3.8) is 0 Å². The van der Waals surface area contributed by atoms with Crippen LogP contribution in [-0.4, -0.2) is 17.5 Å². The summed E-state index contributed by atoms with van der Waals surface area (Å²) < 4.78 is 5.30. The number of carbonyl (C=O) groups is 1. The van der Waals surface area contributed by atoms with Gasteiger partial charge in [0.15, 0.2) is 6.61 Å². The monoisotopic (exact) mass is 296 g/mol. The van der Waals surface area contributed by atoms with Gasteiger partial charge in [-0.15, -0.1) is 0 Å². The number of amides is 1. The molecule has 0 aliphatic rings. The first-order valence-electron chi connectivity index (χ1n) is 5.44. The number of benzene rings is 1. The Labute approximate surface area is 120 Å². The molecule has 1 heterocycles. The summed E-state index contributed by atoms with van der Waals surface area (Å²) in [6.45, 7) is -0.170. The Kier molecular flexibility index (Phi) is 4.60. The molecule has 2 aromatic rings. The molecule has 0 saturated carbocycles. The van der Waals surface area contributed by atoms with Crippen LogP contribution in [0.2, 0.25) is 10.0 Å². The molecule has 0 spiro atoms. The molecular weight excluding hydrogens is 287 g/mol. The molecule has 98 valence electrons. The second kappa shape index (κ2) is 6.41. The lowest BCUT2D eigenvalue weighted by Gasteiger charge is -2.08. The van der Waals surface area contributed by atoms with Crippen molar-refractivity contribution in [1.82, 2.24) is 4.98 Å². The molecule has 1 aromatic heterocycles. The Morgan fingerprint density at radius 2 is 2.05 bits per heavy atom. The van der Waals surface area contributed by atoms with Crippen molar-refractivity contribution in [2.24, 2.45) is 0 Å². The lowest BCUT2D eigenvalue weighted by molar-refractivity contribution is -0.118. The lowest BCUT2D eigenvalue weighted by atomic mass is 10.3. The van der Waals surface area contributed by atoms with Gasteiger partial charge in [-0.1, -0.05) is 35.3 Å². The topological polar surface area (TPSA) is 51.2 Å². The predicted molar refractivity (Wildman–Crippen MR) is 74.8 cm³/mol. The van der Waals surface area contributed by atoms with Gasteiger partial charge in [-0.2, -0.15) is 0 Å². The van der Waals surface area contributed by atoms with Gasteiger partial charge in [0, 0.05) is 6.20 Å². The van der Waals surface area contributed by atoms with E-state index in [0.717, 1.165) is 0 Å². The van der Waals surface area contributed by atoms with E-state index in [4.69, 9.17) is 27.9 Å². The molecule has 1 aromatic carbocycles. The average Bonchev–Trinajstić information content (AvgIpc) is 2.42. The van der Waals surface area contributed by atoms with Crippen LogP contribution in [0.4, 0.5) is 5.82 Å². The van der Waals surface area contributed by atoms with Crippen LogP contribution in [0.1, 0.15) is 0 Å². The van der Waals surface area contributed by atoms with Crippen molar-refractivity contribution in [2.45, 2.75) is 0 Å². The number of pyridine rings is 1. The van der Waals surface area contributed by atoms with E-state index < -0.39 is 0 Å². The number of anilines is 1. The standard InChI is InChI=1S/C13H10Cl2N2O2/c14-9-4-3-5-10(13(9)15)19-8-12(18)17-11-6-1-2-7-16-11/h1-7H,8H2,(H,16,17,18). The molecule has 4 nitrogen and oxygen atoms in total. The molecule has 0 aliphatic carbocycles. The van der Waals surface area contributed by atoms with Crippen molar-refractivity contribution in [3.05, 3.63) is 52.6 Å². The van der Waals surface area contributed by atoms with Crippen LogP contribution in [0.15, 0.2) is 42.6 Å². The summed E-state index contributed by atoms with van der Waals surface area (Å²) in [7, 11) is 0. The van der Waals surface area contributed by atoms with Crippen molar-refractivity contribution in [2.75, 3.05) is 11.9 Å². The highest BCUT2D eigenvalue weighted by atomic mass is 35.5. The Morgan fingerprint density at radius 1 is 1.21 bits per heavy atom. The van der Waals surface area contributed by atoms with E-state index in [1.54, 1.807) is 42.6 Å². The third-order valence-corrected chi connectivity index (χ3v) is 3.01. The second-order valence-electron chi connectivity index (χ2n) is 3.60. The van der Waals surface area contributed by atoms with Crippen molar-refractivity contribution >= 4 is 34.9 Å². The average molecular weight is 297 g/mol. The van der Waals surface area contributed by atoms with E-state index in [9.17, 15) is 4.79 Å². The van der Waals surface area contributed by atoms with E-state index >= 15 is 0 Å². The fourth-order valence-electron chi connectivity index (χ4n) is 1.35. The highest BCUT2D eigenvalue weighted by Crippen LogP contribution is 2.31. The molecule has 0 bridgehead atoms. The van der Waals surface area contributed by atoms with Gasteiger partial charge < -0.3 is 10.1 Å². The summed E-state index contributed by atoms with van der Waals surface area (Å²) in [6, 6.07) is 10.2. The smallest absolute Gasteiger partial charge is 0.263 e. The minimum absolute atomic E-state index is 0.170. The molecule has 0 saturated heterocycles. The Morgan fingerprint density at radius 3 is 2.79 bits per heavy atom. The fraction of sp³-hybridized carbons (Fsp3) is 0.0769. The number of nitrogens with zero attached hydrogens (tertiary/aromatic N) is 1. The van der Waals surface area contributed by atoms with Gasteiger partial charge in [0.25, 0.3) is 5.91 Å². The molecular formula is C13H10Cl2N2O2. The zero-order valence-electron chi connectivity index (χ0n) is 9.77. The van der Waals surface area contributed by atoms with E-state index in [0.29, 0.717) is 16.6 Å². The summed E-state index contributed by atoms with van der Waals surface area (Å²) in [5.74, 6) is 0.508. The number of halogens is 2. The highest BCUT2D eigenvalue weighted by molar-refractivity contribution is 6.42. The number of hydrogen-bond acceptors (Lipinski definition) is 3. The van der Waals surface area contributed by atoms with Crippen LogP contribution < -0.4 is 10.1 Å². The van der Waals surface area contributed by atoms with Gasteiger partial charge in [-0.05, 0) is 24.3 Å². The minimum atomic E-state index is -0.324. The SMILES string of the molecule is O=C(COc1cccc(Cl)c1Cl)Nc1ccccn1. The van der Waals surface area contributed by atoms with Crippen LogP contribution in [0.5, 0.6) is 5.75 Å². The largest absolute Gasteiger partial charge is 0.482 e. The maximum Gasteiger partial charge on any atom is 0.263 e. The molecule has 6 heteroatoms. The Balaban J connectivity index is 1.92. The quantitative estimate of drug-likeness (QED) is 0.941. The normalized spacial score (nSPS) is 10.0. The zero-order valence-corrected chi connectivity index (χ0v) is 11.3. The fourth-order valence-corrected chi connectivity index (χ4v) is 1.70. The summed E-state index contributed by atoms with van der Waals surface area (Å²) in [5.41, 5.74) is 0. The number of aromatic nitrogens is 1. The van der Waals surface area contributed by atoms with Crippen LogP contribution in [-0.2, 0) is 4.79 Å². The molecule has 0 unspecified atom stereocenters. The molecule has 0 radical (unpaired) electrons. The maximum absolute atomic E-state index is 11.6. The summed E-state index contributed by atoms with van der Waals surface area (Å²) in [5, 5.41) is 3.26. The van der Waals surface area contributed by atoms with Crippen LogP contribution >= 0.6 is 23.2 Å². The predicted octanol–water partition coefficient (Wildman–Crippen LogP) is 3.41. The Hall–Kier alpha value is -1.78. The van der Waals surface area contributed by atoms with Gasteiger partial charge in [0.2, 0.25) is 0 Å². The van der Waals surface area contributed by atoms with Crippen molar-refractivity contribution in [3.8, 4) is 5.75 Å². The Bertz CT molecular complexity index is 576. The van der Waals surface area contributed by atoms with Crippen molar-refractivity contribution in [1.29, 1.82) is 0 Å². The first-order chi connectivity index (χ1) is 9.16. The molecule has 2 rings (SSSR count). The van der Waals surface area contributed by atoms with E-state index in [-0.39, 0.29) is 17.5 Å². The molecule has 0 fully saturated rings. The van der Waals surface area contributed by atoms with Gasteiger partial charge in [-0.3, -0.25) is 4.79 Å². The van der Waals surface area contributed by atoms with Gasteiger partial charge in [-0.25, -0.2) is 4.98 Å². The maximum atomic E-state index is 11.6. The second-order valence-corrected chi connectivity index (χ2v) is 4.39. The number of ether oxygens (including phenoxy) is 1. The molecule has 1 amide bonds. The number of nitrogens with one attached hydrogen (secondary N) is 1. The lowest BCUT2D eigenvalue weighted by Crippen LogP contribution is -2.20. The third-order valence-electron chi connectivity index (χ3n) is 2.21. The van der Waals surface area contributed by atoms with E-state index in [1.165, 1.54) is 0 Å². The van der Waals surface area contributed by atoms with Crippen LogP contribution in [0.25, 0.3) is 0 Å². The summed E-state index contributed by atoms with van der Waals surface area (Å²) >= 11 is 11.8. The van der Waals surface area contributed by atoms with E-state index in [2.05, 4.69) is 10.3 Å². The number of carbonyl (C=O) groups excluding carboxylic acids is 1. The molecule has 0 aliphatic heterocycles. The van der Waals surface area contributed by atoms with Gasteiger partial charge in [0.1, 0.15) is 16.6 Å².